The van der Waals surface area contributed by atoms with Gasteiger partial charge in [0, 0.05) is 21.5 Å². The fraction of sp³-hybridized carbons (Fsp3) is 0.0556. The van der Waals surface area contributed by atoms with E-state index in [2.05, 4.69) is 15.0 Å². The highest BCUT2D eigenvalue weighted by Crippen LogP contribution is 2.35. The van der Waals surface area contributed by atoms with Crippen molar-refractivity contribution in [3.8, 4) is 28.4 Å². The van der Waals surface area contributed by atoms with Crippen LogP contribution in [0.1, 0.15) is 11.1 Å². The number of aryl methyl sites for hydroxylation is 2. The summed E-state index contributed by atoms with van der Waals surface area (Å²) in [6, 6.07) is 25.5. The van der Waals surface area contributed by atoms with Gasteiger partial charge in [0.15, 0.2) is 5.36 Å². The molecule has 198 valence electrons. The highest BCUT2D eigenvalue weighted by atomic mass is 19.1. The van der Waals surface area contributed by atoms with Crippen molar-refractivity contribution in [3.63, 3.8) is 0 Å². The summed E-state index contributed by atoms with van der Waals surface area (Å²) in [4.78, 5) is 7.59. The smallest absolute Gasteiger partial charge is 0.206 e. The molecule has 0 radical (unpaired) electrons. The fourth-order valence-corrected chi connectivity index (χ4v) is 6.17. The molecule has 0 saturated heterocycles. The van der Waals surface area contributed by atoms with Gasteiger partial charge in [0.1, 0.15) is 11.6 Å². The summed E-state index contributed by atoms with van der Waals surface area (Å²) < 4.78 is 28.4. The van der Waals surface area contributed by atoms with Gasteiger partial charge in [0.25, 0.3) is 0 Å². The van der Waals surface area contributed by atoms with E-state index >= 15 is 0 Å². The molecule has 0 N–H and O–H groups in total. The van der Waals surface area contributed by atoms with Gasteiger partial charge in [-0.15, -0.1) is 4.95 Å². The Kier molecular flexibility index (Phi) is 5.68. The summed E-state index contributed by atoms with van der Waals surface area (Å²) in [6.07, 6.45) is 1.95. The number of benzene rings is 5. The van der Waals surface area contributed by atoms with E-state index in [4.69, 9.17) is 6.57 Å². The number of hydrogen-bond donors (Lipinski definition) is 0. The monoisotopic (exact) mass is 546 g/mol. The first-order valence-corrected chi connectivity index (χ1v) is 13.3. The number of nitriles is 1. The Bertz CT molecular complexity index is 2270. The van der Waals surface area contributed by atoms with Gasteiger partial charge < -0.3 is 0 Å². The molecule has 0 aliphatic carbocycles. The van der Waals surface area contributed by atoms with Crippen molar-refractivity contribution in [1.29, 1.82) is 5.26 Å². The molecule has 0 aliphatic heterocycles. The van der Waals surface area contributed by atoms with Crippen molar-refractivity contribution in [2.75, 3.05) is 0 Å². The first-order valence-electron chi connectivity index (χ1n) is 13.3. The Morgan fingerprint density at radius 2 is 1.05 bits per heavy atom. The first kappa shape index (κ1) is 25.3. The molecule has 7 aromatic carbocycles. The number of nitrogens with zero attached hydrogens (tertiary/aromatic N) is 4. The lowest BCUT2D eigenvalue weighted by Gasteiger charge is -2.04. The van der Waals surface area contributed by atoms with Gasteiger partial charge in [-0.1, -0.05) is 36.4 Å². The van der Waals surface area contributed by atoms with Gasteiger partial charge in [0.05, 0.1) is 10.5 Å². The average Bonchev–Trinajstić information content (AvgIpc) is 3.42. The Morgan fingerprint density at radius 3 is 1.52 bits per heavy atom. The van der Waals surface area contributed by atoms with Gasteiger partial charge in [-0.3, -0.25) is 0 Å². The van der Waals surface area contributed by atoms with Crippen LogP contribution in [0.25, 0.3) is 70.3 Å². The maximum absolute atomic E-state index is 14.2. The van der Waals surface area contributed by atoms with Gasteiger partial charge in [0.2, 0.25) is 6.19 Å². The molecule has 0 bridgehead atoms. The Morgan fingerprint density at radius 1 is 0.571 bits per heavy atom. The number of rotatable bonds is 2. The van der Waals surface area contributed by atoms with Crippen LogP contribution in [0.4, 0.5) is 8.78 Å². The maximum atomic E-state index is 14.2. The second kappa shape index (κ2) is 9.44. The van der Waals surface area contributed by atoms with Crippen LogP contribution in [-0.4, -0.2) is 0 Å². The van der Waals surface area contributed by atoms with Gasteiger partial charge in [-0.2, -0.15) is 16.8 Å². The summed E-state index contributed by atoms with van der Waals surface area (Å²) in [5.74, 6) is -0.615. The minimum atomic E-state index is -0.308. The second-order valence-corrected chi connectivity index (χ2v) is 10.6. The largest absolute Gasteiger partial charge is 0.207 e. The molecule has 0 amide bonds. The molecule has 4 nitrogen and oxygen atoms in total. The number of hydrogen-bond acceptors (Lipinski definition) is 3. The molecule has 0 aromatic heterocycles. The van der Waals surface area contributed by atoms with E-state index in [0.29, 0.717) is 10.7 Å². The molecule has 7 aromatic rings. The third-order valence-electron chi connectivity index (χ3n) is 7.86. The SMILES string of the molecule is [C-]#[N+]/N=c1\c2cc(-c3cc(C)cc(F)c3)ccc2c2cc3c(=NC#N)c4cc(-c5cc(C)cc(F)c5)ccc4c3cc12. The minimum Gasteiger partial charge on any atom is -0.207 e. The van der Waals surface area contributed by atoms with Gasteiger partial charge in [-0.05, 0) is 117 Å². The van der Waals surface area contributed by atoms with Crippen LogP contribution in [0.3, 0.4) is 0 Å². The number of fused-ring (bicyclic) bond motifs is 6. The molecule has 0 fully saturated rings. The lowest BCUT2D eigenvalue weighted by Crippen LogP contribution is -1.99. The van der Waals surface area contributed by atoms with Crippen molar-refractivity contribution < 1.29 is 8.78 Å². The molecule has 0 saturated carbocycles. The second-order valence-electron chi connectivity index (χ2n) is 10.6. The predicted octanol–water partition coefficient (Wildman–Crippen LogP) is 8.52. The van der Waals surface area contributed by atoms with E-state index in [1.165, 1.54) is 24.3 Å². The zero-order chi connectivity index (χ0) is 29.1. The van der Waals surface area contributed by atoms with E-state index in [9.17, 15) is 14.0 Å². The van der Waals surface area contributed by atoms with E-state index in [1.807, 2.05) is 80.7 Å². The summed E-state index contributed by atoms with van der Waals surface area (Å²) in [7, 11) is 0. The van der Waals surface area contributed by atoms with Crippen LogP contribution in [0, 0.1) is 43.5 Å². The summed E-state index contributed by atoms with van der Waals surface area (Å²) in [5, 5.41) is 21.7. The Labute approximate surface area is 239 Å². The molecule has 42 heavy (non-hydrogen) atoms. The molecule has 6 heteroatoms. The van der Waals surface area contributed by atoms with E-state index in [-0.39, 0.29) is 11.6 Å². The zero-order valence-electron chi connectivity index (χ0n) is 22.6. The van der Waals surface area contributed by atoms with Crippen LogP contribution < -0.4 is 10.7 Å². The van der Waals surface area contributed by atoms with Crippen molar-refractivity contribution in [3.05, 3.63) is 130 Å². The molecule has 0 aliphatic rings. The highest BCUT2D eigenvalue weighted by molar-refractivity contribution is 6.21. The van der Waals surface area contributed by atoms with Crippen molar-refractivity contribution in [2.45, 2.75) is 13.8 Å². The minimum absolute atomic E-state index is 0.307. The maximum Gasteiger partial charge on any atom is 0.206 e. The topological polar surface area (TPSA) is 52.9 Å². The number of halogens is 2. The third kappa shape index (κ3) is 3.93. The third-order valence-corrected chi connectivity index (χ3v) is 7.86. The Hall–Kier alpha value is -5.72. The van der Waals surface area contributed by atoms with Crippen LogP contribution >= 0.6 is 0 Å². The van der Waals surface area contributed by atoms with Gasteiger partial charge in [-0.25, -0.2) is 8.78 Å². The molecule has 7 rings (SSSR count). The fourth-order valence-electron chi connectivity index (χ4n) is 6.17. The average molecular weight is 547 g/mol. The van der Waals surface area contributed by atoms with Crippen LogP contribution in [0.15, 0.2) is 95.0 Å². The standard InChI is InChI=1S/C36H20F2N4/c1-19-8-23(12-25(37)10-19)21-4-6-27-29-17-34-30(16-33(29)35(41-18-39)31(27)14-21)28-7-5-22(15-32(28)36(34)42-40-3)24-9-20(2)11-26(38)13-24/h4-17H,1-2H3/b41-35?,42-36+. The molecule has 0 unspecified atom stereocenters. The van der Waals surface area contributed by atoms with Crippen molar-refractivity contribution in [1.82, 2.24) is 0 Å². The van der Waals surface area contributed by atoms with Gasteiger partial charge >= 0.3 is 0 Å². The van der Waals surface area contributed by atoms with E-state index in [0.717, 1.165) is 76.5 Å². The Balaban J connectivity index is 1.54. The lowest BCUT2D eigenvalue weighted by molar-refractivity contribution is 0.626. The summed E-state index contributed by atoms with van der Waals surface area (Å²) in [5.41, 5.74) is 4.78. The predicted molar refractivity (Wildman–Crippen MR) is 162 cm³/mol. The molecular weight excluding hydrogens is 526 g/mol. The molecule has 0 atom stereocenters. The highest BCUT2D eigenvalue weighted by Gasteiger charge is 2.18. The normalized spacial score (nSPS) is 12.5. The van der Waals surface area contributed by atoms with Crippen molar-refractivity contribution in [2.24, 2.45) is 10.1 Å². The molecule has 0 heterocycles. The van der Waals surface area contributed by atoms with Crippen molar-refractivity contribution >= 4 is 43.1 Å². The van der Waals surface area contributed by atoms with Crippen LogP contribution in [-0.2, 0) is 0 Å². The van der Waals surface area contributed by atoms with E-state index in [1.54, 1.807) is 0 Å². The summed E-state index contributed by atoms with van der Waals surface area (Å²) in [6.45, 7) is 11.2. The van der Waals surface area contributed by atoms with Crippen LogP contribution in [0.2, 0.25) is 0 Å². The molecule has 0 spiro atoms. The summed E-state index contributed by atoms with van der Waals surface area (Å²) >= 11 is 0. The first-order chi connectivity index (χ1) is 20.3. The van der Waals surface area contributed by atoms with E-state index < -0.39 is 0 Å². The quantitative estimate of drug-likeness (QED) is 0.122. The molecular formula is C36H20F2N4. The van der Waals surface area contributed by atoms with Crippen LogP contribution in [0.5, 0.6) is 0 Å². The zero-order valence-corrected chi connectivity index (χ0v) is 22.6. The lowest BCUT2D eigenvalue weighted by atomic mass is 10.0.